The van der Waals surface area contributed by atoms with Crippen molar-refractivity contribution in [1.82, 2.24) is 10.2 Å². The van der Waals surface area contributed by atoms with Crippen molar-refractivity contribution in [3.63, 3.8) is 0 Å². The number of thiophene rings is 1. The Kier molecular flexibility index (Phi) is 4.48. The van der Waals surface area contributed by atoms with Gasteiger partial charge in [0.15, 0.2) is 0 Å². The number of rotatable bonds is 5. The molecule has 25 heavy (non-hydrogen) atoms. The lowest BCUT2D eigenvalue weighted by Gasteiger charge is -2.16. The van der Waals surface area contributed by atoms with E-state index in [0.29, 0.717) is 32.0 Å². The van der Waals surface area contributed by atoms with Gasteiger partial charge in [-0.25, -0.2) is 0 Å². The Morgan fingerprint density at radius 1 is 1.36 bits per heavy atom. The lowest BCUT2D eigenvalue weighted by atomic mass is 9.96. The minimum Gasteiger partial charge on any atom is -0.383 e. The van der Waals surface area contributed by atoms with Crippen LogP contribution in [-0.2, 0) is 22.4 Å². The second-order valence-corrected chi connectivity index (χ2v) is 7.91. The Bertz CT molecular complexity index is 829. The Labute approximate surface area is 151 Å². The molecule has 2 aromatic rings. The SMILES string of the molecule is COCCN1C[C@H](Cc2ccc3sc4c(c3c2)CCNC4=O)CC1=O. The quantitative estimate of drug-likeness (QED) is 0.892. The van der Waals surface area contributed by atoms with Crippen molar-refractivity contribution < 1.29 is 14.3 Å². The molecular weight excluding hydrogens is 336 g/mol. The highest BCUT2D eigenvalue weighted by atomic mass is 32.1. The summed E-state index contributed by atoms with van der Waals surface area (Å²) in [6, 6.07) is 6.50. The minimum atomic E-state index is 0.0548. The van der Waals surface area contributed by atoms with Crippen molar-refractivity contribution in [1.29, 1.82) is 0 Å². The van der Waals surface area contributed by atoms with Gasteiger partial charge in [0.25, 0.3) is 5.91 Å². The monoisotopic (exact) mass is 358 g/mol. The second kappa shape index (κ2) is 6.77. The first-order chi connectivity index (χ1) is 12.2. The molecular formula is C19H22N2O3S. The Morgan fingerprint density at radius 3 is 3.08 bits per heavy atom. The summed E-state index contributed by atoms with van der Waals surface area (Å²) >= 11 is 1.58. The first-order valence-electron chi connectivity index (χ1n) is 8.75. The van der Waals surface area contributed by atoms with E-state index in [1.54, 1.807) is 18.4 Å². The van der Waals surface area contributed by atoms with E-state index in [1.165, 1.54) is 21.2 Å². The molecule has 2 aliphatic rings. The molecule has 1 saturated heterocycles. The predicted octanol–water partition coefficient (Wildman–Crippen LogP) is 2.22. The first kappa shape index (κ1) is 16.5. The fourth-order valence-electron chi connectivity index (χ4n) is 3.88. The van der Waals surface area contributed by atoms with Crippen LogP contribution in [0.2, 0.25) is 0 Å². The second-order valence-electron chi connectivity index (χ2n) is 6.85. The van der Waals surface area contributed by atoms with Gasteiger partial charge in [-0.15, -0.1) is 11.3 Å². The summed E-state index contributed by atoms with van der Waals surface area (Å²) < 4.78 is 6.26. The molecule has 2 amide bonds. The molecule has 1 aromatic heterocycles. The lowest BCUT2D eigenvalue weighted by Crippen LogP contribution is -2.30. The highest BCUT2D eigenvalue weighted by Crippen LogP contribution is 2.34. The molecule has 132 valence electrons. The zero-order chi connectivity index (χ0) is 17.4. The van der Waals surface area contributed by atoms with E-state index >= 15 is 0 Å². The summed E-state index contributed by atoms with van der Waals surface area (Å²) in [5.41, 5.74) is 2.44. The molecule has 3 heterocycles. The van der Waals surface area contributed by atoms with Gasteiger partial charge in [-0.1, -0.05) is 6.07 Å². The van der Waals surface area contributed by atoms with Crippen LogP contribution in [-0.4, -0.2) is 50.1 Å². The van der Waals surface area contributed by atoms with Gasteiger partial charge in [-0.05, 0) is 47.4 Å². The molecule has 1 atom stereocenters. The molecule has 0 saturated carbocycles. The van der Waals surface area contributed by atoms with Gasteiger partial charge >= 0.3 is 0 Å². The molecule has 0 spiro atoms. The third-order valence-corrected chi connectivity index (χ3v) is 6.32. The van der Waals surface area contributed by atoms with Gasteiger partial charge in [0.05, 0.1) is 11.5 Å². The van der Waals surface area contributed by atoms with Crippen LogP contribution in [0.15, 0.2) is 18.2 Å². The third-order valence-electron chi connectivity index (χ3n) is 5.11. The summed E-state index contributed by atoms with van der Waals surface area (Å²) in [5.74, 6) is 0.645. The number of carbonyl (C=O) groups is 2. The molecule has 0 radical (unpaired) electrons. The highest BCUT2D eigenvalue weighted by molar-refractivity contribution is 7.21. The standard InChI is InChI=1S/C19H22N2O3S/c1-24-7-6-21-11-13(10-17(21)22)8-12-2-3-16-15(9-12)14-4-5-20-19(23)18(14)25-16/h2-3,9,13H,4-8,10-11H2,1H3,(H,20,23)/t13-/m1/s1. The maximum atomic E-state index is 12.1. The van der Waals surface area contributed by atoms with Crippen molar-refractivity contribution in [2.75, 3.05) is 33.4 Å². The van der Waals surface area contributed by atoms with Gasteiger partial charge < -0.3 is 15.0 Å². The summed E-state index contributed by atoms with van der Waals surface area (Å²) in [4.78, 5) is 26.9. The Morgan fingerprint density at radius 2 is 2.24 bits per heavy atom. The van der Waals surface area contributed by atoms with E-state index in [4.69, 9.17) is 4.74 Å². The van der Waals surface area contributed by atoms with Crippen molar-refractivity contribution in [2.24, 2.45) is 5.92 Å². The number of ether oxygens (including phenoxy) is 1. The van der Waals surface area contributed by atoms with Gasteiger partial charge in [0.1, 0.15) is 0 Å². The smallest absolute Gasteiger partial charge is 0.261 e. The molecule has 6 heteroatoms. The van der Waals surface area contributed by atoms with Crippen molar-refractivity contribution in [3.8, 4) is 0 Å². The van der Waals surface area contributed by atoms with E-state index in [-0.39, 0.29) is 11.8 Å². The Balaban J connectivity index is 1.53. The zero-order valence-electron chi connectivity index (χ0n) is 14.3. The maximum Gasteiger partial charge on any atom is 0.261 e. The highest BCUT2D eigenvalue weighted by Gasteiger charge is 2.29. The van der Waals surface area contributed by atoms with Crippen LogP contribution in [0.25, 0.3) is 10.1 Å². The van der Waals surface area contributed by atoms with Crippen LogP contribution < -0.4 is 5.32 Å². The molecule has 1 fully saturated rings. The first-order valence-corrected chi connectivity index (χ1v) is 9.56. The van der Waals surface area contributed by atoms with Crippen LogP contribution in [0.4, 0.5) is 0 Å². The number of fused-ring (bicyclic) bond motifs is 3. The normalized spacial score (nSPS) is 20.2. The largest absolute Gasteiger partial charge is 0.383 e. The van der Waals surface area contributed by atoms with Crippen LogP contribution in [0.1, 0.15) is 27.2 Å². The molecule has 0 bridgehead atoms. The minimum absolute atomic E-state index is 0.0548. The number of hydrogen-bond donors (Lipinski definition) is 1. The van der Waals surface area contributed by atoms with Gasteiger partial charge in [0, 0.05) is 37.9 Å². The van der Waals surface area contributed by atoms with Crippen LogP contribution in [0.5, 0.6) is 0 Å². The Hall–Kier alpha value is -1.92. The van der Waals surface area contributed by atoms with Crippen molar-refractivity contribution in [3.05, 3.63) is 34.2 Å². The number of likely N-dealkylation sites (tertiary alicyclic amines) is 1. The number of amides is 2. The van der Waals surface area contributed by atoms with Crippen LogP contribution in [0, 0.1) is 5.92 Å². The average molecular weight is 358 g/mol. The maximum absolute atomic E-state index is 12.1. The van der Waals surface area contributed by atoms with E-state index in [2.05, 4.69) is 23.5 Å². The summed E-state index contributed by atoms with van der Waals surface area (Å²) in [6.45, 7) is 2.80. The van der Waals surface area contributed by atoms with E-state index < -0.39 is 0 Å². The van der Waals surface area contributed by atoms with Crippen molar-refractivity contribution >= 4 is 33.2 Å². The van der Waals surface area contributed by atoms with Crippen LogP contribution >= 0.6 is 11.3 Å². The summed E-state index contributed by atoms with van der Waals surface area (Å²) in [5, 5.41) is 4.13. The number of nitrogens with zero attached hydrogens (tertiary/aromatic N) is 1. The number of benzene rings is 1. The molecule has 1 aromatic carbocycles. The van der Waals surface area contributed by atoms with Crippen LogP contribution in [0.3, 0.4) is 0 Å². The van der Waals surface area contributed by atoms with Crippen molar-refractivity contribution in [2.45, 2.75) is 19.3 Å². The van der Waals surface area contributed by atoms with Gasteiger partial charge in [0.2, 0.25) is 5.91 Å². The van der Waals surface area contributed by atoms with E-state index in [1.807, 2.05) is 4.90 Å². The molecule has 5 nitrogen and oxygen atoms in total. The molecule has 2 aliphatic heterocycles. The number of carbonyl (C=O) groups excluding carboxylic acids is 2. The summed E-state index contributed by atoms with van der Waals surface area (Å²) in [6.07, 6.45) is 2.42. The lowest BCUT2D eigenvalue weighted by molar-refractivity contribution is -0.128. The van der Waals surface area contributed by atoms with E-state index in [9.17, 15) is 9.59 Å². The molecule has 4 rings (SSSR count). The molecule has 0 aliphatic carbocycles. The fourth-order valence-corrected chi connectivity index (χ4v) is 5.03. The third kappa shape index (κ3) is 3.16. The molecule has 0 unspecified atom stereocenters. The zero-order valence-corrected chi connectivity index (χ0v) is 15.2. The fraction of sp³-hybridized carbons (Fsp3) is 0.474. The predicted molar refractivity (Wildman–Crippen MR) is 98.1 cm³/mol. The topological polar surface area (TPSA) is 58.6 Å². The van der Waals surface area contributed by atoms with Gasteiger partial charge in [-0.3, -0.25) is 9.59 Å². The number of nitrogens with one attached hydrogen (secondary N) is 1. The molecule has 1 N–H and O–H groups in total. The van der Waals surface area contributed by atoms with E-state index in [0.717, 1.165) is 24.3 Å². The number of hydrogen-bond acceptors (Lipinski definition) is 4. The average Bonchev–Trinajstić information content (AvgIpc) is 3.14. The van der Waals surface area contributed by atoms with Gasteiger partial charge in [-0.2, -0.15) is 0 Å². The summed E-state index contributed by atoms with van der Waals surface area (Å²) in [7, 11) is 1.66. The number of methoxy groups -OCH3 is 1.